The van der Waals surface area contributed by atoms with Crippen LogP contribution in [-0.2, 0) is 6.54 Å². The van der Waals surface area contributed by atoms with Crippen LogP contribution in [0.15, 0.2) is 6.07 Å². The van der Waals surface area contributed by atoms with Crippen molar-refractivity contribution < 1.29 is 4.79 Å². The molecule has 1 fully saturated rings. The fraction of sp³-hybridized carbons (Fsp3) is 0.500. The number of nitrogens with two attached hydrogens (primary N) is 2. The Morgan fingerprint density at radius 1 is 1.61 bits per heavy atom. The normalized spacial score (nSPS) is 23.9. The van der Waals surface area contributed by atoms with E-state index in [0.29, 0.717) is 25.1 Å². The molecule has 5 N–H and O–H groups in total. The molecule has 1 aromatic heterocycles. The number of carbonyl (C=O) groups excluding carboxylic acids is 1. The van der Waals surface area contributed by atoms with Gasteiger partial charge in [0.25, 0.3) is 0 Å². The van der Waals surface area contributed by atoms with Crippen molar-refractivity contribution in [3.05, 3.63) is 16.8 Å². The number of nitrogens with zero attached hydrogens (tertiary/aromatic N) is 3. The molecule has 2 amide bonds. The number of amides is 2. The standard InChI is InChI=1S/C10H15ClN6O/c1-10(13)2-3-17(9(18)14-10)5-6-4-7(12)15-16-8(6)11/h4H,2-3,5,13H2,1H3,(H2,12,15)(H,14,18). The molecule has 1 unspecified atom stereocenters. The minimum atomic E-state index is -0.660. The summed E-state index contributed by atoms with van der Waals surface area (Å²) in [4.78, 5) is 13.4. The van der Waals surface area contributed by atoms with Gasteiger partial charge in [0.15, 0.2) is 5.15 Å². The van der Waals surface area contributed by atoms with Gasteiger partial charge >= 0.3 is 6.03 Å². The second-order valence-electron chi connectivity index (χ2n) is 4.60. The summed E-state index contributed by atoms with van der Waals surface area (Å²) >= 11 is 5.91. The Labute approximate surface area is 109 Å². The summed E-state index contributed by atoms with van der Waals surface area (Å²) < 4.78 is 0. The molecule has 1 aliphatic heterocycles. The van der Waals surface area contributed by atoms with Gasteiger partial charge in [0.05, 0.1) is 12.2 Å². The lowest BCUT2D eigenvalue weighted by Crippen LogP contribution is -2.62. The molecule has 98 valence electrons. The third-order valence-corrected chi connectivity index (χ3v) is 3.10. The highest BCUT2D eigenvalue weighted by Gasteiger charge is 2.31. The molecule has 8 heteroatoms. The van der Waals surface area contributed by atoms with Crippen LogP contribution in [0.4, 0.5) is 10.6 Å². The first kappa shape index (κ1) is 12.8. The van der Waals surface area contributed by atoms with E-state index < -0.39 is 5.66 Å². The Bertz CT molecular complexity index is 477. The Balaban J connectivity index is 2.10. The molecule has 1 aliphatic rings. The topological polar surface area (TPSA) is 110 Å². The third-order valence-electron chi connectivity index (χ3n) is 2.78. The van der Waals surface area contributed by atoms with E-state index in [4.69, 9.17) is 23.1 Å². The van der Waals surface area contributed by atoms with Crippen molar-refractivity contribution in [2.45, 2.75) is 25.6 Å². The molecular weight excluding hydrogens is 256 g/mol. The van der Waals surface area contributed by atoms with Crippen molar-refractivity contribution in [2.24, 2.45) is 5.73 Å². The van der Waals surface area contributed by atoms with E-state index in [9.17, 15) is 4.79 Å². The molecule has 1 saturated heterocycles. The molecular formula is C10H15ClN6O. The molecule has 1 aromatic rings. The smallest absolute Gasteiger partial charge is 0.319 e. The molecule has 0 aromatic carbocycles. The number of halogens is 1. The minimum Gasteiger partial charge on any atom is -0.382 e. The third kappa shape index (κ3) is 2.80. The zero-order valence-electron chi connectivity index (χ0n) is 9.98. The summed E-state index contributed by atoms with van der Waals surface area (Å²) in [6.07, 6.45) is 0.657. The maximum Gasteiger partial charge on any atom is 0.319 e. The van der Waals surface area contributed by atoms with Crippen LogP contribution in [-0.4, -0.2) is 33.3 Å². The summed E-state index contributed by atoms with van der Waals surface area (Å²) in [5, 5.41) is 10.3. The van der Waals surface area contributed by atoms with Crippen LogP contribution in [0, 0.1) is 0 Å². The fourth-order valence-corrected chi connectivity index (χ4v) is 1.91. The summed E-state index contributed by atoms with van der Waals surface area (Å²) in [6.45, 7) is 2.67. The lowest BCUT2D eigenvalue weighted by atomic mass is 10.1. The summed E-state index contributed by atoms with van der Waals surface area (Å²) in [5.41, 5.74) is 11.4. The van der Waals surface area contributed by atoms with Crippen LogP contribution in [0.25, 0.3) is 0 Å². The van der Waals surface area contributed by atoms with E-state index in [1.165, 1.54) is 0 Å². The Kier molecular flexibility index (Phi) is 3.27. The number of urea groups is 1. The Morgan fingerprint density at radius 2 is 2.33 bits per heavy atom. The SMILES string of the molecule is CC1(N)CCN(Cc2cc(N)nnc2Cl)C(=O)N1. The molecule has 7 nitrogen and oxygen atoms in total. The average Bonchev–Trinajstić information content (AvgIpc) is 2.26. The van der Waals surface area contributed by atoms with Crippen molar-refractivity contribution in [2.75, 3.05) is 12.3 Å². The lowest BCUT2D eigenvalue weighted by molar-refractivity contribution is 0.150. The van der Waals surface area contributed by atoms with E-state index >= 15 is 0 Å². The minimum absolute atomic E-state index is 0.224. The first-order valence-electron chi connectivity index (χ1n) is 5.51. The number of anilines is 1. The van der Waals surface area contributed by atoms with Gasteiger partial charge in [-0.05, 0) is 13.0 Å². The maximum absolute atomic E-state index is 11.8. The van der Waals surface area contributed by atoms with Gasteiger partial charge in [-0.15, -0.1) is 10.2 Å². The van der Waals surface area contributed by atoms with Gasteiger partial charge in [-0.25, -0.2) is 4.79 Å². The molecule has 18 heavy (non-hydrogen) atoms. The van der Waals surface area contributed by atoms with Gasteiger partial charge < -0.3 is 21.7 Å². The first-order chi connectivity index (χ1) is 8.37. The zero-order chi connectivity index (χ0) is 13.3. The fourth-order valence-electron chi connectivity index (χ4n) is 1.75. The molecule has 1 atom stereocenters. The number of hydrogen-bond acceptors (Lipinski definition) is 5. The highest BCUT2D eigenvalue weighted by atomic mass is 35.5. The summed E-state index contributed by atoms with van der Waals surface area (Å²) in [5.74, 6) is 0.274. The van der Waals surface area contributed by atoms with Gasteiger partial charge in [-0.1, -0.05) is 11.6 Å². The second kappa shape index (κ2) is 4.58. The first-order valence-corrected chi connectivity index (χ1v) is 5.89. The highest BCUT2D eigenvalue weighted by molar-refractivity contribution is 6.30. The van der Waals surface area contributed by atoms with Gasteiger partial charge in [-0.2, -0.15) is 0 Å². The van der Waals surface area contributed by atoms with E-state index in [1.807, 2.05) is 0 Å². The van der Waals surface area contributed by atoms with Crippen LogP contribution < -0.4 is 16.8 Å². The van der Waals surface area contributed by atoms with Gasteiger partial charge in [-0.3, -0.25) is 0 Å². The molecule has 0 bridgehead atoms. The average molecular weight is 271 g/mol. The summed E-state index contributed by atoms with van der Waals surface area (Å²) in [6, 6.07) is 1.39. The molecule has 0 radical (unpaired) electrons. The van der Waals surface area contributed by atoms with E-state index in [-0.39, 0.29) is 17.0 Å². The van der Waals surface area contributed by atoms with Crippen molar-refractivity contribution in [1.29, 1.82) is 0 Å². The molecule has 2 heterocycles. The molecule has 0 aliphatic carbocycles. The number of rotatable bonds is 2. The zero-order valence-corrected chi connectivity index (χ0v) is 10.7. The van der Waals surface area contributed by atoms with Gasteiger partial charge in [0, 0.05) is 18.5 Å². The monoisotopic (exact) mass is 270 g/mol. The molecule has 0 spiro atoms. The predicted octanol–water partition coefficient (Wildman–Crippen LogP) is 0.302. The van der Waals surface area contributed by atoms with Crippen LogP contribution in [0.5, 0.6) is 0 Å². The number of hydrogen-bond donors (Lipinski definition) is 3. The number of nitrogens with one attached hydrogen (secondary N) is 1. The summed E-state index contributed by atoms with van der Waals surface area (Å²) in [7, 11) is 0. The van der Waals surface area contributed by atoms with Gasteiger partial charge in [0.1, 0.15) is 5.82 Å². The van der Waals surface area contributed by atoms with Crippen LogP contribution in [0.1, 0.15) is 18.9 Å². The van der Waals surface area contributed by atoms with Gasteiger partial charge in [0.2, 0.25) is 0 Å². The van der Waals surface area contributed by atoms with E-state index in [1.54, 1.807) is 17.9 Å². The Morgan fingerprint density at radius 3 is 3.00 bits per heavy atom. The van der Waals surface area contributed by atoms with E-state index in [0.717, 1.165) is 0 Å². The largest absolute Gasteiger partial charge is 0.382 e. The second-order valence-corrected chi connectivity index (χ2v) is 4.96. The van der Waals surface area contributed by atoms with Crippen LogP contribution in [0.3, 0.4) is 0 Å². The van der Waals surface area contributed by atoms with Crippen molar-refractivity contribution in [3.63, 3.8) is 0 Å². The van der Waals surface area contributed by atoms with Crippen LogP contribution >= 0.6 is 11.6 Å². The maximum atomic E-state index is 11.8. The number of nitrogen functional groups attached to an aromatic ring is 1. The van der Waals surface area contributed by atoms with Crippen LogP contribution in [0.2, 0.25) is 5.15 Å². The molecule has 0 saturated carbocycles. The van der Waals surface area contributed by atoms with E-state index in [2.05, 4.69) is 15.5 Å². The lowest BCUT2D eigenvalue weighted by Gasteiger charge is -2.37. The molecule has 2 rings (SSSR count). The number of aromatic nitrogens is 2. The number of carbonyl (C=O) groups is 1. The Hall–Kier alpha value is -1.60. The quantitative estimate of drug-likeness (QED) is 0.716. The van der Waals surface area contributed by atoms with Crippen molar-refractivity contribution in [1.82, 2.24) is 20.4 Å². The van der Waals surface area contributed by atoms with Crippen molar-refractivity contribution >= 4 is 23.4 Å². The highest BCUT2D eigenvalue weighted by Crippen LogP contribution is 2.19. The van der Waals surface area contributed by atoms with Crippen molar-refractivity contribution in [3.8, 4) is 0 Å². The predicted molar refractivity (Wildman–Crippen MR) is 67.6 cm³/mol.